The number of nitrogens with one attached hydrogen (secondary N) is 2. The maximum Gasteiger partial charge on any atom is 0.220 e. The predicted molar refractivity (Wildman–Crippen MR) is 106 cm³/mol. The van der Waals surface area contributed by atoms with Crippen molar-refractivity contribution in [2.75, 3.05) is 0 Å². The monoisotopic (exact) mass is 364 g/mol. The molecule has 2 heterocycles. The summed E-state index contributed by atoms with van der Waals surface area (Å²) in [5.74, 6) is 1.44. The summed E-state index contributed by atoms with van der Waals surface area (Å²) in [4.78, 5) is 12.4. The molecule has 0 saturated carbocycles. The van der Waals surface area contributed by atoms with Crippen LogP contribution in [0.3, 0.4) is 0 Å². The van der Waals surface area contributed by atoms with Gasteiger partial charge in [0.25, 0.3) is 0 Å². The van der Waals surface area contributed by atoms with Crippen LogP contribution in [0.2, 0.25) is 0 Å². The fourth-order valence-corrected chi connectivity index (χ4v) is 4.40. The van der Waals surface area contributed by atoms with E-state index in [-0.39, 0.29) is 24.4 Å². The molecule has 4 heteroatoms. The summed E-state index contributed by atoms with van der Waals surface area (Å²) in [7, 11) is 0. The second kappa shape index (κ2) is 9.05. The summed E-state index contributed by atoms with van der Waals surface area (Å²) < 4.78 is 0. The van der Waals surface area contributed by atoms with Gasteiger partial charge in [0.2, 0.25) is 5.91 Å². The molecule has 1 amide bonds. The van der Waals surface area contributed by atoms with Gasteiger partial charge in [-0.1, -0.05) is 38.1 Å². The number of piperidine rings is 1. The summed E-state index contributed by atoms with van der Waals surface area (Å²) in [6, 6.07) is 10.1. The molecule has 2 aliphatic heterocycles. The van der Waals surface area contributed by atoms with E-state index in [0.29, 0.717) is 30.3 Å². The van der Waals surface area contributed by atoms with E-state index in [1.807, 2.05) is 0 Å². The van der Waals surface area contributed by atoms with E-state index in [9.17, 15) is 4.79 Å². The Labute approximate surface area is 158 Å². The molecule has 0 radical (unpaired) electrons. The summed E-state index contributed by atoms with van der Waals surface area (Å²) in [6.45, 7) is 6.56. The highest BCUT2D eigenvalue weighted by molar-refractivity contribution is 5.85. The van der Waals surface area contributed by atoms with Crippen molar-refractivity contribution in [1.29, 1.82) is 0 Å². The lowest BCUT2D eigenvalue weighted by Gasteiger charge is -2.29. The molecular weight excluding hydrogens is 332 g/mol. The first-order valence-electron chi connectivity index (χ1n) is 9.64. The number of fused-ring (bicyclic) bond motifs is 2. The zero-order chi connectivity index (χ0) is 17.1. The zero-order valence-electron chi connectivity index (χ0n) is 15.8. The Morgan fingerprint density at radius 1 is 1.12 bits per heavy atom. The van der Waals surface area contributed by atoms with Gasteiger partial charge in [-0.2, -0.15) is 0 Å². The number of hydrogen-bond donors (Lipinski definition) is 2. The third-order valence-corrected chi connectivity index (χ3v) is 5.55. The molecule has 25 heavy (non-hydrogen) atoms. The highest BCUT2D eigenvalue weighted by atomic mass is 35.5. The smallest absolute Gasteiger partial charge is 0.220 e. The van der Waals surface area contributed by atoms with Crippen molar-refractivity contribution in [3.05, 3.63) is 35.4 Å². The fourth-order valence-electron chi connectivity index (χ4n) is 4.40. The van der Waals surface area contributed by atoms with Crippen LogP contribution in [0, 0.1) is 11.8 Å². The number of halogens is 1. The van der Waals surface area contributed by atoms with Gasteiger partial charge in [0, 0.05) is 18.5 Å². The molecule has 3 unspecified atom stereocenters. The van der Waals surface area contributed by atoms with Crippen LogP contribution in [0.4, 0.5) is 0 Å². The van der Waals surface area contributed by atoms with Crippen LogP contribution in [-0.4, -0.2) is 18.0 Å². The van der Waals surface area contributed by atoms with Gasteiger partial charge < -0.3 is 10.6 Å². The van der Waals surface area contributed by atoms with E-state index in [4.69, 9.17) is 0 Å². The Bertz CT molecular complexity index is 546. The van der Waals surface area contributed by atoms with Crippen molar-refractivity contribution in [2.45, 2.75) is 77.4 Å². The Balaban J connectivity index is 0.00000225. The second-order valence-corrected chi connectivity index (χ2v) is 8.31. The van der Waals surface area contributed by atoms with Crippen molar-refractivity contribution >= 4 is 18.3 Å². The number of rotatable bonds is 6. The minimum Gasteiger partial charge on any atom is -0.350 e. The molecule has 2 N–H and O–H groups in total. The van der Waals surface area contributed by atoms with E-state index in [2.05, 4.69) is 55.7 Å². The normalized spacial score (nSPS) is 26.2. The summed E-state index contributed by atoms with van der Waals surface area (Å²) in [5, 5.41) is 6.84. The van der Waals surface area contributed by atoms with Gasteiger partial charge in [0.1, 0.15) is 0 Å². The average molecular weight is 365 g/mol. The predicted octanol–water partition coefficient (Wildman–Crippen LogP) is 4.40. The van der Waals surface area contributed by atoms with Gasteiger partial charge in [-0.25, -0.2) is 0 Å². The maximum absolute atomic E-state index is 12.4. The Hall–Kier alpha value is -1.06. The molecule has 140 valence electrons. The van der Waals surface area contributed by atoms with Gasteiger partial charge >= 0.3 is 0 Å². The molecular formula is C21H33ClN2O. The molecule has 0 aromatic heterocycles. The van der Waals surface area contributed by atoms with E-state index in [1.54, 1.807) is 0 Å². The van der Waals surface area contributed by atoms with Gasteiger partial charge in [-0.3, -0.25) is 4.79 Å². The summed E-state index contributed by atoms with van der Waals surface area (Å²) in [6.07, 6.45) is 6.72. The minimum atomic E-state index is 0. The van der Waals surface area contributed by atoms with Crippen LogP contribution in [-0.2, 0) is 11.2 Å². The summed E-state index contributed by atoms with van der Waals surface area (Å²) >= 11 is 0. The first-order chi connectivity index (χ1) is 11.5. The first kappa shape index (κ1) is 20.3. The number of amides is 1. The number of carbonyl (C=O) groups is 1. The molecule has 2 aliphatic rings. The molecule has 3 rings (SSSR count). The Kier molecular flexibility index (Phi) is 7.33. The van der Waals surface area contributed by atoms with E-state index < -0.39 is 0 Å². The second-order valence-electron chi connectivity index (χ2n) is 8.31. The molecule has 2 saturated heterocycles. The topological polar surface area (TPSA) is 41.1 Å². The molecule has 1 aromatic rings. The van der Waals surface area contributed by atoms with Crippen molar-refractivity contribution in [2.24, 2.45) is 11.8 Å². The lowest BCUT2D eigenvalue weighted by atomic mass is 9.89. The molecule has 3 nitrogen and oxygen atoms in total. The number of benzene rings is 1. The third kappa shape index (κ3) is 5.72. The van der Waals surface area contributed by atoms with Crippen LogP contribution in [0.25, 0.3) is 0 Å². The van der Waals surface area contributed by atoms with Gasteiger partial charge in [0.05, 0.1) is 6.04 Å². The minimum absolute atomic E-state index is 0. The molecule has 2 fully saturated rings. The third-order valence-electron chi connectivity index (χ3n) is 5.55. The van der Waals surface area contributed by atoms with E-state index >= 15 is 0 Å². The average Bonchev–Trinajstić information content (AvgIpc) is 2.86. The molecule has 2 bridgehead atoms. The van der Waals surface area contributed by atoms with E-state index in [1.165, 1.54) is 36.8 Å². The van der Waals surface area contributed by atoms with Crippen molar-refractivity contribution in [3.63, 3.8) is 0 Å². The Morgan fingerprint density at radius 3 is 2.28 bits per heavy atom. The van der Waals surface area contributed by atoms with Gasteiger partial charge in [-0.05, 0) is 62.0 Å². The highest BCUT2D eigenvalue weighted by Gasteiger charge is 2.34. The SMILES string of the molecule is CC(C)Cc1ccc(C(C)NC(=O)CC2CC3CCC(C2)N3)cc1.Cl. The van der Waals surface area contributed by atoms with Crippen LogP contribution in [0.15, 0.2) is 24.3 Å². The summed E-state index contributed by atoms with van der Waals surface area (Å²) in [5.41, 5.74) is 2.57. The molecule has 1 aromatic carbocycles. The number of carbonyl (C=O) groups excluding carboxylic acids is 1. The quantitative estimate of drug-likeness (QED) is 0.785. The molecule has 0 spiro atoms. The van der Waals surface area contributed by atoms with Crippen molar-refractivity contribution in [1.82, 2.24) is 10.6 Å². The highest BCUT2D eigenvalue weighted by Crippen LogP contribution is 2.32. The Morgan fingerprint density at radius 2 is 1.72 bits per heavy atom. The van der Waals surface area contributed by atoms with Crippen LogP contribution < -0.4 is 10.6 Å². The van der Waals surface area contributed by atoms with Crippen LogP contribution >= 0.6 is 12.4 Å². The lowest BCUT2D eigenvalue weighted by molar-refractivity contribution is -0.122. The van der Waals surface area contributed by atoms with E-state index in [0.717, 1.165) is 6.42 Å². The van der Waals surface area contributed by atoms with Gasteiger partial charge in [0.15, 0.2) is 0 Å². The van der Waals surface area contributed by atoms with Gasteiger partial charge in [-0.15, -0.1) is 12.4 Å². The maximum atomic E-state index is 12.4. The van der Waals surface area contributed by atoms with Crippen LogP contribution in [0.1, 0.15) is 70.0 Å². The standard InChI is InChI=1S/C21H32N2O.ClH/c1-14(2)10-16-4-6-18(7-5-16)15(3)22-21(24)13-17-11-19-8-9-20(12-17)23-19;/h4-7,14-15,17,19-20,23H,8-13H2,1-3H3,(H,22,24);1H. The van der Waals surface area contributed by atoms with Crippen molar-refractivity contribution in [3.8, 4) is 0 Å². The number of hydrogen-bond acceptors (Lipinski definition) is 2. The zero-order valence-corrected chi connectivity index (χ0v) is 16.6. The van der Waals surface area contributed by atoms with Crippen LogP contribution in [0.5, 0.6) is 0 Å². The molecule has 0 aliphatic carbocycles. The van der Waals surface area contributed by atoms with Crippen molar-refractivity contribution < 1.29 is 4.79 Å². The molecule has 3 atom stereocenters. The first-order valence-corrected chi connectivity index (χ1v) is 9.64. The largest absolute Gasteiger partial charge is 0.350 e. The lowest BCUT2D eigenvalue weighted by Crippen LogP contribution is -2.40. The fraction of sp³-hybridized carbons (Fsp3) is 0.667.